The number of likely N-dealkylation sites (tertiary alicyclic amines) is 1. The van der Waals surface area contributed by atoms with Gasteiger partial charge in [-0.3, -0.25) is 4.90 Å². The van der Waals surface area contributed by atoms with Crippen molar-refractivity contribution in [2.75, 3.05) is 19.6 Å². The van der Waals surface area contributed by atoms with Gasteiger partial charge in [-0.15, -0.1) is 0 Å². The average molecular weight is 310 g/mol. The van der Waals surface area contributed by atoms with Crippen LogP contribution in [-0.4, -0.2) is 39.0 Å². The minimum absolute atomic E-state index is 0.270. The Bertz CT molecular complexity index is 563. The lowest BCUT2D eigenvalue weighted by molar-refractivity contribution is 0.193. The van der Waals surface area contributed by atoms with Crippen molar-refractivity contribution in [3.8, 4) is 0 Å². The van der Waals surface area contributed by atoms with Crippen molar-refractivity contribution in [1.82, 2.24) is 9.62 Å². The van der Waals surface area contributed by atoms with Gasteiger partial charge < -0.3 is 0 Å². The molecule has 1 aliphatic heterocycles. The first-order valence-electron chi connectivity index (χ1n) is 7.71. The fourth-order valence-corrected chi connectivity index (χ4v) is 4.29. The summed E-state index contributed by atoms with van der Waals surface area (Å²) in [4.78, 5) is 2.79. The second-order valence-corrected chi connectivity index (χ2v) is 7.91. The van der Waals surface area contributed by atoms with Gasteiger partial charge in [0.1, 0.15) is 0 Å². The molecular weight excluding hydrogens is 284 g/mol. The molecule has 4 nitrogen and oxygen atoms in total. The summed E-state index contributed by atoms with van der Waals surface area (Å²) in [5.74, 6) is 0.433. The zero-order chi connectivity index (χ0) is 15.5. The van der Waals surface area contributed by atoms with Crippen LogP contribution < -0.4 is 4.72 Å². The fraction of sp³-hybridized carbons (Fsp3) is 0.625. The smallest absolute Gasteiger partial charge is 0.240 e. The number of sulfonamides is 1. The summed E-state index contributed by atoms with van der Waals surface area (Å²) < 4.78 is 27.7. The van der Waals surface area contributed by atoms with Crippen molar-refractivity contribution in [2.45, 2.75) is 44.6 Å². The van der Waals surface area contributed by atoms with Crippen molar-refractivity contribution in [3.05, 3.63) is 29.8 Å². The van der Waals surface area contributed by atoms with E-state index in [1.54, 1.807) is 12.1 Å². The summed E-state index contributed by atoms with van der Waals surface area (Å²) in [6.07, 6.45) is 2.43. The van der Waals surface area contributed by atoms with E-state index in [4.69, 9.17) is 0 Å². The third-order valence-corrected chi connectivity index (χ3v) is 5.83. The lowest BCUT2D eigenvalue weighted by atomic mass is 10.0. The first-order valence-corrected chi connectivity index (χ1v) is 9.19. The highest BCUT2D eigenvalue weighted by Crippen LogP contribution is 2.19. The Morgan fingerprint density at radius 3 is 2.38 bits per heavy atom. The van der Waals surface area contributed by atoms with E-state index in [9.17, 15) is 8.42 Å². The Morgan fingerprint density at radius 2 is 1.81 bits per heavy atom. The van der Waals surface area contributed by atoms with Crippen LogP contribution in [0.5, 0.6) is 0 Å². The Morgan fingerprint density at radius 1 is 1.19 bits per heavy atom. The normalized spacial score (nSPS) is 18.3. The van der Waals surface area contributed by atoms with Gasteiger partial charge in [-0.1, -0.05) is 32.0 Å². The number of aryl methyl sites for hydroxylation is 1. The molecule has 0 aromatic heterocycles. The second kappa shape index (κ2) is 6.90. The van der Waals surface area contributed by atoms with Crippen LogP contribution in [0.1, 0.15) is 32.3 Å². The van der Waals surface area contributed by atoms with Crippen LogP contribution >= 0.6 is 0 Å². The summed E-state index contributed by atoms with van der Waals surface area (Å²) in [5, 5.41) is 0. The highest BCUT2D eigenvalue weighted by Gasteiger charge is 2.26. The molecule has 0 radical (unpaired) electrons. The molecule has 0 aliphatic carbocycles. The molecule has 1 saturated heterocycles. The van der Waals surface area contributed by atoms with E-state index >= 15 is 0 Å². The Hall–Kier alpha value is -0.910. The molecule has 1 aliphatic rings. The van der Waals surface area contributed by atoms with Crippen molar-refractivity contribution < 1.29 is 8.42 Å². The van der Waals surface area contributed by atoms with Gasteiger partial charge in [-0.05, 0) is 50.4 Å². The molecule has 21 heavy (non-hydrogen) atoms. The number of hydrogen-bond donors (Lipinski definition) is 1. The van der Waals surface area contributed by atoms with E-state index in [1.807, 2.05) is 19.1 Å². The third kappa shape index (κ3) is 4.05. The number of hydrogen-bond acceptors (Lipinski definition) is 3. The summed E-state index contributed by atoms with van der Waals surface area (Å²) in [7, 11) is -3.43. The van der Waals surface area contributed by atoms with Crippen LogP contribution in [0.2, 0.25) is 0 Å². The van der Waals surface area contributed by atoms with Crippen LogP contribution in [-0.2, 0) is 10.0 Å². The van der Waals surface area contributed by atoms with Gasteiger partial charge in [0.25, 0.3) is 0 Å². The molecule has 1 N–H and O–H groups in total. The van der Waals surface area contributed by atoms with Gasteiger partial charge >= 0.3 is 0 Å². The maximum atomic E-state index is 12.5. The molecule has 2 rings (SSSR count). The molecule has 0 spiro atoms. The summed E-state index contributed by atoms with van der Waals surface area (Å²) in [6, 6.07) is 7.39. The third-order valence-electron chi connectivity index (χ3n) is 4.24. The highest BCUT2D eigenvalue weighted by molar-refractivity contribution is 7.89. The second-order valence-electron chi connectivity index (χ2n) is 6.17. The molecule has 1 atom stereocenters. The predicted octanol–water partition coefficient (Wildman–Crippen LogP) is 2.39. The minimum atomic E-state index is -3.43. The average Bonchev–Trinajstić information content (AvgIpc) is 2.92. The Balaban J connectivity index is 2.08. The first kappa shape index (κ1) is 16.5. The maximum Gasteiger partial charge on any atom is 0.240 e. The highest BCUT2D eigenvalue weighted by atomic mass is 32.2. The number of nitrogens with one attached hydrogen (secondary N) is 1. The minimum Gasteiger partial charge on any atom is -0.299 e. The molecule has 0 bridgehead atoms. The SMILES string of the molecule is Cc1ccccc1S(=O)(=O)NCC(C(C)C)N1CCCC1. The zero-order valence-corrected chi connectivity index (χ0v) is 14.0. The number of rotatable bonds is 6. The molecule has 1 unspecified atom stereocenters. The largest absolute Gasteiger partial charge is 0.299 e. The molecule has 5 heteroatoms. The van der Waals surface area contributed by atoms with Crippen LogP contribution in [0.3, 0.4) is 0 Å². The van der Waals surface area contributed by atoms with E-state index in [-0.39, 0.29) is 6.04 Å². The van der Waals surface area contributed by atoms with Gasteiger partial charge in [-0.2, -0.15) is 0 Å². The fourth-order valence-electron chi connectivity index (χ4n) is 2.99. The van der Waals surface area contributed by atoms with E-state index < -0.39 is 10.0 Å². The van der Waals surface area contributed by atoms with Crippen LogP contribution in [0.4, 0.5) is 0 Å². The Labute approximate surface area is 128 Å². The van der Waals surface area contributed by atoms with Crippen LogP contribution in [0.15, 0.2) is 29.2 Å². The molecule has 1 fully saturated rings. The van der Waals surface area contributed by atoms with Gasteiger partial charge in [0.15, 0.2) is 0 Å². The lowest BCUT2D eigenvalue weighted by Gasteiger charge is -2.31. The monoisotopic (exact) mass is 310 g/mol. The molecule has 1 aromatic rings. The standard InChI is InChI=1S/C16H26N2O2S/c1-13(2)15(18-10-6-7-11-18)12-17-21(19,20)16-9-5-4-8-14(16)3/h4-5,8-9,13,15,17H,6-7,10-12H2,1-3H3. The van der Waals surface area contributed by atoms with E-state index in [2.05, 4.69) is 23.5 Å². The molecule has 118 valence electrons. The summed E-state index contributed by atoms with van der Waals surface area (Å²) in [5.41, 5.74) is 0.785. The van der Waals surface area contributed by atoms with Gasteiger partial charge in [-0.25, -0.2) is 13.1 Å². The zero-order valence-electron chi connectivity index (χ0n) is 13.2. The van der Waals surface area contributed by atoms with Crippen molar-refractivity contribution in [1.29, 1.82) is 0 Å². The van der Waals surface area contributed by atoms with Gasteiger partial charge in [0.2, 0.25) is 10.0 Å². The predicted molar refractivity (Wildman–Crippen MR) is 85.8 cm³/mol. The molecule has 0 saturated carbocycles. The lowest BCUT2D eigenvalue weighted by Crippen LogP contribution is -2.45. The molecule has 1 aromatic carbocycles. The summed E-state index contributed by atoms with van der Waals surface area (Å²) >= 11 is 0. The van der Waals surface area contributed by atoms with Crippen molar-refractivity contribution in [2.24, 2.45) is 5.92 Å². The number of benzene rings is 1. The van der Waals surface area contributed by atoms with E-state index in [0.29, 0.717) is 17.4 Å². The topological polar surface area (TPSA) is 49.4 Å². The van der Waals surface area contributed by atoms with Crippen molar-refractivity contribution >= 4 is 10.0 Å². The molecule has 1 heterocycles. The first-order chi connectivity index (χ1) is 9.92. The van der Waals surface area contributed by atoms with E-state index in [0.717, 1.165) is 18.7 Å². The Kier molecular flexibility index (Phi) is 5.41. The van der Waals surface area contributed by atoms with Gasteiger partial charge in [0.05, 0.1) is 4.90 Å². The van der Waals surface area contributed by atoms with Gasteiger partial charge in [0, 0.05) is 12.6 Å². The maximum absolute atomic E-state index is 12.5. The number of nitrogens with zero attached hydrogens (tertiary/aromatic N) is 1. The van der Waals surface area contributed by atoms with Crippen molar-refractivity contribution in [3.63, 3.8) is 0 Å². The quantitative estimate of drug-likeness (QED) is 0.878. The van der Waals surface area contributed by atoms with Crippen LogP contribution in [0.25, 0.3) is 0 Å². The molecule has 0 amide bonds. The molecular formula is C16H26N2O2S. The van der Waals surface area contributed by atoms with E-state index in [1.165, 1.54) is 12.8 Å². The van der Waals surface area contributed by atoms with Crippen LogP contribution in [0, 0.1) is 12.8 Å². The summed E-state index contributed by atoms with van der Waals surface area (Å²) in [6.45, 7) is 8.78.